The minimum atomic E-state index is -0.542. The van der Waals surface area contributed by atoms with E-state index < -0.39 is 5.41 Å². The first kappa shape index (κ1) is 15.5. The molecular formula is C17H26BrNO2. The third-order valence-electron chi connectivity index (χ3n) is 7.17. The van der Waals surface area contributed by atoms with Crippen molar-refractivity contribution in [2.45, 2.75) is 58.2 Å². The van der Waals surface area contributed by atoms with Gasteiger partial charge in [-0.1, -0.05) is 43.6 Å². The second-order valence-electron chi connectivity index (χ2n) is 8.13. The van der Waals surface area contributed by atoms with E-state index in [1.807, 2.05) is 4.90 Å². The van der Waals surface area contributed by atoms with Crippen LogP contribution in [0.4, 0.5) is 0 Å². The van der Waals surface area contributed by atoms with Gasteiger partial charge < -0.3 is 4.90 Å². The minimum Gasteiger partial charge on any atom is -0.342 e. The molecule has 3 nitrogen and oxygen atoms in total. The van der Waals surface area contributed by atoms with Crippen LogP contribution in [-0.2, 0) is 9.59 Å². The van der Waals surface area contributed by atoms with Crippen molar-refractivity contribution in [3.8, 4) is 0 Å². The lowest BCUT2D eigenvalue weighted by Crippen LogP contribution is -2.54. The van der Waals surface area contributed by atoms with Crippen LogP contribution in [0, 0.1) is 22.2 Å². The molecule has 0 aromatic carbocycles. The second-order valence-corrected chi connectivity index (χ2v) is 9.05. The van der Waals surface area contributed by atoms with E-state index in [2.05, 4.69) is 43.6 Å². The first-order valence-corrected chi connectivity index (χ1v) is 9.08. The Labute approximate surface area is 136 Å². The number of ketones is 1. The first-order chi connectivity index (χ1) is 9.68. The van der Waals surface area contributed by atoms with Crippen molar-refractivity contribution in [1.82, 2.24) is 4.90 Å². The van der Waals surface area contributed by atoms with E-state index >= 15 is 0 Å². The fourth-order valence-corrected chi connectivity index (χ4v) is 6.42. The molecule has 0 N–H and O–H groups in total. The summed E-state index contributed by atoms with van der Waals surface area (Å²) in [6, 6.07) is 0. The molecule has 2 aliphatic carbocycles. The summed E-state index contributed by atoms with van der Waals surface area (Å²) >= 11 is 3.61. The van der Waals surface area contributed by atoms with E-state index in [0.29, 0.717) is 5.92 Å². The molecule has 4 heteroatoms. The number of rotatable bonds is 1. The third-order valence-corrected chi connectivity index (χ3v) is 8.37. The fourth-order valence-electron chi connectivity index (χ4n) is 4.92. The lowest BCUT2D eigenvalue weighted by molar-refractivity contribution is -0.148. The number of hydrogen-bond acceptors (Lipinski definition) is 2. The SMILES string of the molecule is CC1CCN(C(=O)[C@@]23CC[C@@](C)(C(=O)[C@H]2Br)C3(C)C)CC1. The van der Waals surface area contributed by atoms with Gasteiger partial charge in [0.1, 0.15) is 0 Å². The Morgan fingerprint density at radius 1 is 1.19 bits per heavy atom. The Bertz CT molecular complexity index is 495. The van der Waals surface area contributed by atoms with Crippen LogP contribution in [0.15, 0.2) is 0 Å². The lowest BCUT2D eigenvalue weighted by Gasteiger charge is -2.44. The molecule has 3 rings (SSSR count). The quantitative estimate of drug-likeness (QED) is 0.676. The third kappa shape index (κ3) is 1.66. The highest BCUT2D eigenvalue weighted by molar-refractivity contribution is 9.10. The molecule has 0 unspecified atom stereocenters. The van der Waals surface area contributed by atoms with Gasteiger partial charge in [-0.25, -0.2) is 0 Å². The minimum absolute atomic E-state index is 0.218. The number of amides is 1. The molecule has 0 spiro atoms. The average molecular weight is 356 g/mol. The summed E-state index contributed by atoms with van der Waals surface area (Å²) in [5.41, 5.74) is -1.18. The van der Waals surface area contributed by atoms with Gasteiger partial charge in [0, 0.05) is 18.5 Å². The Morgan fingerprint density at radius 2 is 1.76 bits per heavy atom. The fraction of sp³-hybridized carbons (Fsp3) is 0.882. The van der Waals surface area contributed by atoms with Gasteiger partial charge in [-0.2, -0.15) is 0 Å². The van der Waals surface area contributed by atoms with Crippen molar-refractivity contribution in [2.75, 3.05) is 13.1 Å². The summed E-state index contributed by atoms with van der Waals surface area (Å²) in [6.45, 7) is 10.3. The largest absolute Gasteiger partial charge is 0.342 e. The predicted octanol–water partition coefficient (Wildman–Crippen LogP) is 3.40. The number of fused-ring (bicyclic) bond motifs is 2. The van der Waals surface area contributed by atoms with Gasteiger partial charge in [-0.05, 0) is 37.0 Å². The smallest absolute Gasteiger partial charge is 0.230 e. The summed E-state index contributed by atoms with van der Waals surface area (Å²) in [5, 5.41) is 0. The summed E-state index contributed by atoms with van der Waals surface area (Å²) in [5.74, 6) is 1.16. The zero-order valence-corrected chi connectivity index (χ0v) is 15.1. The van der Waals surface area contributed by atoms with E-state index in [4.69, 9.17) is 0 Å². The normalized spacial score (nSPS) is 42.6. The Morgan fingerprint density at radius 3 is 2.24 bits per heavy atom. The number of Topliss-reactive ketones (excluding diaryl/α,β-unsaturated/α-hetero) is 1. The van der Waals surface area contributed by atoms with Crippen LogP contribution in [0.25, 0.3) is 0 Å². The molecule has 3 aliphatic rings. The van der Waals surface area contributed by atoms with E-state index in [1.165, 1.54) is 0 Å². The summed E-state index contributed by atoms with van der Waals surface area (Å²) < 4.78 is 0. The van der Waals surface area contributed by atoms with E-state index in [9.17, 15) is 9.59 Å². The van der Waals surface area contributed by atoms with Crippen molar-refractivity contribution in [2.24, 2.45) is 22.2 Å². The topological polar surface area (TPSA) is 37.4 Å². The van der Waals surface area contributed by atoms with Gasteiger partial charge in [0.2, 0.25) is 5.91 Å². The monoisotopic (exact) mass is 355 g/mol. The summed E-state index contributed by atoms with van der Waals surface area (Å²) in [7, 11) is 0. The number of halogens is 1. The van der Waals surface area contributed by atoms with E-state index in [-0.39, 0.29) is 27.3 Å². The maximum Gasteiger partial charge on any atom is 0.230 e. The number of likely N-dealkylation sites (tertiary alicyclic amines) is 1. The van der Waals surface area contributed by atoms with Crippen LogP contribution < -0.4 is 0 Å². The Hall–Kier alpha value is -0.380. The molecule has 0 aromatic heterocycles. The molecule has 0 radical (unpaired) electrons. The number of carbonyl (C=O) groups is 2. The zero-order valence-electron chi connectivity index (χ0n) is 13.5. The molecule has 3 atom stereocenters. The Kier molecular flexibility index (Phi) is 3.37. The summed E-state index contributed by atoms with van der Waals surface area (Å²) in [4.78, 5) is 27.8. The molecule has 1 amide bonds. The van der Waals surface area contributed by atoms with Gasteiger partial charge in [0.05, 0.1) is 10.2 Å². The van der Waals surface area contributed by atoms with Crippen molar-refractivity contribution >= 4 is 27.6 Å². The first-order valence-electron chi connectivity index (χ1n) is 8.16. The molecule has 21 heavy (non-hydrogen) atoms. The molecular weight excluding hydrogens is 330 g/mol. The van der Waals surface area contributed by atoms with Crippen LogP contribution in [0.2, 0.25) is 0 Å². The van der Waals surface area contributed by atoms with Crippen molar-refractivity contribution < 1.29 is 9.59 Å². The Balaban J connectivity index is 1.96. The zero-order chi connectivity index (χ0) is 15.6. The van der Waals surface area contributed by atoms with Crippen LogP contribution in [0.5, 0.6) is 0 Å². The molecule has 3 fully saturated rings. The highest BCUT2D eigenvalue weighted by Crippen LogP contribution is 2.72. The lowest BCUT2D eigenvalue weighted by atomic mass is 9.64. The number of hydrogen-bond donors (Lipinski definition) is 0. The molecule has 0 aromatic rings. The number of carbonyl (C=O) groups excluding carboxylic acids is 2. The van der Waals surface area contributed by atoms with Crippen LogP contribution in [0.1, 0.15) is 53.4 Å². The average Bonchev–Trinajstić information content (AvgIpc) is 2.71. The van der Waals surface area contributed by atoms with Gasteiger partial charge in [0.25, 0.3) is 0 Å². The van der Waals surface area contributed by atoms with Crippen molar-refractivity contribution in [3.63, 3.8) is 0 Å². The highest BCUT2D eigenvalue weighted by Gasteiger charge is 2.77. The van der Waals surface area contributed by atoms with Crippen LogP contribution >= 0.6 is 15.9 Å². The number of piperidine rings is 1. The van der Waals surface area contributed by atoms with Gasteiger partial charge in [-0.3, -0.25) is 9.59 Å². The van der Waals surface area contributed by atoms with Crippen LogP contribution in [-0.4, -0.2) is 34.5 Å². The van der Waals surface area contributed by atoms with Gasteiger partial charge >= 0.3 is 0 Å². The van der Waals surface area contributed by atoms with Crippen molar-refractivity contribution in [1.29, 1.82) is 0 Å². The van der Waals surface area contributed by atoms with E-state index in [0.717, 1.165) is 38.8 Å². The maximum atomic E-state index is 13.3. The van der Waals surface area contributed by atoms with Gasteiger partial charge in [0.15, 0.2) is 5.78 Å². The second kappa shape index (κ2) is 4.56. The standard InChI is InChI=1S/C17H26BrNO2/c1-11-5-9-19(10-6-11)14(21)17-8-7-16(4,15(17,2)3)13(20)12(17)18/h11-12H,5-10H2,1-4H3/t12-,16+,17-/m1/s1. The number of alkyl halides is 1. The molecule has 1 aliphatic heterocycles. The molecule has 1 heterocycles. The molecule has 118 valence electrons. The van der Waals surface area contributed by atoms with Crippen molar-refractivity contribution in [3.05, 3.63) is 0 Å². The predicted molar refractivity (Wildman–Crippen MR) is 86.3 cm³/mol. The van der Waals surface area contributed by atoms with Gasteiger partial charge in [-0.15, -0.1) is 0 Å². The maximum absolute atomic E-state index is 13.3. The number of nitrogens with zero attached hydrogens (tertiary/aromatic N) is 1. The summed E-state index contributed by atoms with van der Waals surface area (Å²) in [6.07, 6.45) is 3.85. The highest BCUT2D eigenvalue weighted by atomic mass is 79.9. The van der Waals surface area contributed by atoms with E-state index in [1.54, 1.807) is 0 Å². The van der Waals surface area contributed by atoms with Crippen LogP contribution in [0.3, 0.4) is 0 Å². The molecule has 1 saturated heterocycles. The molecule has 2 saturated carbocycles. The molecule has 2 bridgehead atoms.